The van der Waals surface area contributed by atoms with Crippen LogP contribution in [0.25, 0.3) is 0 Å². The van der Waals surface area contributed by atoms with Crippen molar-refractivity contribution in [1.82, 2.24) is 4.90 Å². The maximum absolute atomic E-state index is 9.52. The van der Waals surface area contributed by atoms with Crippen molar-refractivity contribution in [3.8, 4) is 0 Å². The lowest BCUT2D eigenvalue weighted by atomic mass is 9.89. The van der Waals surface area contributed by atoms with Gasteiger partial charge in [-0.05, 0) is 33.4 Å². The van der Waals surface area contributed by atoms with Crippen LogP contribution in [0.2, 0.25) is 0 Å². The molecule has 1 unspecified atom stereocenters. The lowest BCUT2D eigenvalue weighted by Gasteiger charge is -2.35. The minimum atomic E-state index is -0.557. The quantitative estimate of drug-likeness (QED) is 0.558. The smallest absolute Gasteiger partial charge is 0.0953 e. The second-order valence-electron chi connectivity index (χ2n) is 3.52. The molecule has 0 radical (unpaired) electrons. The summed E-state index contributed by atoms with van der Waals surface area (Å²) in [7, 11) is 3.87. The van der Waals surface area contributed by atoms with Crippen LogP contribution < -0.4 is 0 Å². The van der Waals surface area contributed by atoms with Crippen LogP contribution in [-0.2, 0) is 0 Å². The van der Waals surface area contributed by atoms with Gasteiger partial charge < -0.3 is 15.1 Å². The Bertz CT molecular complexity index is 127. The van der Waals surface area contributed by atoms with Gasteiger partial charge in [0.2, 0.25) is 0 Å². The maximum Gasteiger partial charge on any atom is 0.0953 e. The van der Waals surface area contributed by atoms with Crippen LogP contribution in [0.3, 0.4) is 0 Å². The van der Waals surface area contributed by atoms with E-state index in [4.69, 9.17) is 0 Å². The minimum Gasteiger partial charge on any atom is -0.390 e. The van der Waals surface area contributed by atoms with Gasteiger partial charge in [-0.15, -0.1) is 0 Å². The minimum absolute atomic E-state index is 0.138. The summed E-state index contributed by atoms with van der Waals surface area (Å²) in [6.45, 7) is 0. The summed E-state index contributed by atoms with van der Waals surface area (Å²) in [6.07, 6.45) is 1.67. The summed E-state index contributed by atoms with van der Waals surface area (Å²) in [5.74, 6) is 0. The van der Waals surface area contributed by atoms with E-state index in [0.717, 1.165) is 19.3 Å². The first kappa shape index (κ1) is 8.97. The van der Waals surface area contributed by atoms with E-state index < -0.39 is 12.2 Å². The van der Waals surface area contributed by atoms with Crippen LogP contribution >= 0.6 is 0 Å². The molecular weight excluding hydrogens is 142 g/mol. The summed E-state index contributed by atoms with van der Waals surface area (Å²) in [6, 6.07) is 0.138. The lowest BCUT2D eigenvalue weighted by molar-refractivity contribution is -0.0536. The number of likely N-dealkylation sites (N-methyl/N-ethyl adjacent to an activating group) is 1. The van der Waals surface area contributed by atoms with Crippen molar-refractivity contribution >= 4 is 0 Å². The second kappa shape index (κ2) is 3.52. The molecule has 0 aliphatic heterocycles. The molecule has 0 amide bonds. The molecule has 3 nitrogen and oxygen atoms in total. The zero-order valence-corrected chi connectivity index (χ0v) is 7.20. The highest BCUT2D eigenvalue weighted by atomic mass is 16.3. The molecule has 66 valence electrons. The first-order valence-corrected chi connectivity index (χ1v) is 4.15. The van der Waals surface area contributed by atoms with Crippen molar-refractivity contribution in [2.45, 2.75) is 37.5 Å². The van der Waals surface area contributed by atoms with Crippen molar-refractivity contribution in [2.24, 2.45) is 0 Å². The van der Waals surface area contributed by atoms with Crippen LogP contribution in [0.5, 0.6) is 0 Å². The van der Waals surface area contributed by atoms with E-state index in [0.29, 0.717) is 0 Å². The van der Waals surface area contributed by atoms with E-state index >= 15 is 0 Å². The Morgan fingerprint density at radius 1 is 1.18 bits per heavy atom. The predicted molar refractivity (Wildman–Crippen MR) is 43.3 cm³/mol. The van der Waals surface area contributed by atoms with Gasteiger partial charge in [-0.1, -0.05) is 0 Å². The summed E-state index contributed by atoms with van der Waals surface area (Å²) < 4.78 is 0. The molecule has 0 aromatic rings. The fourth-order valence-electron chi connectivity index (χ4n) is 1.70. The average Bonchev–Trinajstić information content (AvgIpc) is 1.94. The normalized spacial score (nSPS) is 39.5. The number of rotatable bonds is 1. The molecular formula is C8H17NO2. The fraction of sp³-hybridized carbons (Fsp3) is 1.00. The van der Waals surface area contributed by atoms with E-state index in [2.05, 4.69) is 0 Å². The van der Waals surface area contributed by atoms with Crippen molar-refractivity contribution < 1.29 is 10.2 Å². The highest BCUT2D eigenvalue weighted by molar-refractivity contribution is 4.85. The van der Waals surface area contributed by atoms with E-state index in [1.807, 2.05) is 19.0 Å². The first-order chi connectivity index (χ1) is 5.13. The van der Waals surface area contributed by atoms with Gasteiger partial charge in [-0.3, -0.25) is 0 Å². The SMILES string of the molecule is CN(C)C1CCC[C@H](O)[C@@H]1O. The molecule has 3 atom stereocenters. The van der Waals surface area contributed by atoms with Gasteiger partial charge in [-0.2, -0.15) is 0 Å². The molecule has 0 aromatic heterocycles. The van der Waals surface area contributed by atoms with Crippen LogP contribution in [-0.4, -0.2) is 47.5 Å². The molecule has 0 saturated heterocycles. The summed E-state index contributed by atoms with van der Waals surface area (Å²) in [5, 5.41) is 18.8. The Balaban J connectivity index is 2.51. The Morgan fingerprint density at radius 3 is 2.27 bits per heavy atom. The molecule has 1 fully saturated rings. The van der Waals surface area contributed by atoms with Gasteiger partial charge in [0.1, 0.15) is 0 Å². The van der Waals surface area contributed by atoms with E-state index in [-0.39, 0.29) is 6.04 Å². The van der Waals surface area contributed by atoms with E-state index in [9.17, 15) is 10.2 Å². The average molecular weight is 159 g/mol. The molecule has 0 aromatic carbocycles. The fourth-order valence-corrected chi connectivity index (χ4v) is 1.70. The summed E-state index contributed by atoms with van der Waals surface area (Å²) in [4.78, 5) is 1.98. The van der Waals surface area contributed by atoms with Crippen LogP contribution in [0, 0.1) is 0 Å². The Morgan fingerprint density at radius 2 is 1.82 bits per heavy atom. The predicted octanol–water partition coefficient (Wildman–Crippen LogP) is -0.178. The molecule has 1 aliphatic rings. The zero-order chi connectivity index (χ0) is 8.43. The molecule has 1 saturated carbocycles. The van der Waals surface area contributed by atoms with Crippen molar-refractivity contribution in [3.63, 3.8) is 0 Å². The van der Waals surface area contributed by atoms with Gasteiger partial charge in [0.25, 0.3) is 0 Å². The number of hydrogen-bond acceptors (Lipinski definition) is 3. The molecule has 3 heteroatoms. The summed E-state index contributed by atoms with van der Waals surface area (Å²) >= 11 is 0. The molecule has 0 bridgehead atoms. The largest absolute Gasteiger partial charge is 0.390 e. The molecule has 1 aliphatic carbocycles. The van der Waals surface area contributed by atoms with Gasteiger partial charge in [0.05, 0.1) is 12.2 Å². The zero-order valence-electron chi connectivity index (χ0n) is 7.20. The van der Waals surface area contributed by atoms with Gasteiger partial charge >= 0.3 is 0 Å². The van der Waals surface area contributed by atoms with Crippen LogP contribution in [0.15, 0.2) is 0 Å². The van der Waals surface area contributed by atoms with E-state index in [1.54, 1.807) is 0 Å². The van der Waals surface area contributed by atoms with Gasteiger partial charge in [0, 0.05) is 6.04 Å². The van der Waals surface area contributed by atoms with Crippen molar-refractivity contribution in [2.75, 3.05) is 14.1 Å². The van der Waals surface area contributed by atoms with Gasteiger partial charge in [-0.25, -0.2) is 0 Å². The van der Waals surface area contributed by atoms with E-state index in [1.165, 1.54) is 0 Å². The second-order valence-corrected chi connectivity index (χ2v) is 3.52. The molecule has 0 heterocycles. The number of hydrogen-bond donors (Lipinski definition) is 2. The third-order valence-electron chi connectivity index (χ3n) is 2.45. The highest BCUT2D eigenvalue weighted by Crippen LogP contribution is 2.21. The summed E-state index contributed by atoms with van der Waals surface area (Å²) in [5.41, 5.74) is 0. The van der Waals surface area contributed by atoms with Crippen molar-refractivity contribution in [1.29, 1.82) is 0 Å². The third kappa shape index (κ3) is 1.92. The standard InChI is InChI=1S/C8H17NO2/c1-9(2)6-4-3-5-7(10)8(6)11/h6-8,10-11H,3-5H2,1-2H3/t6?,7-,8+/m0/s1. The van der Waals surface area contributed by atoms with Crippen LogP contribution in [0.4, 0.5) is 0 Å². The molecule has 0 spiro atoms. The first-order valence-electron chi connectivity index (χ1n) is 4.15. The molecule has 1 rings (SSSR count). The van der Waals surface area contributed by atoms with Crippen LogP contribution in [0.1, 0.15) is 19.3 Å². The lowest BCUT2D eigenvalue weighted by Crippen LogP contribution is -2.48. The number of aliphatic hydroxyl groups is 2. The number of aliphatic hydroxyl groups excluding tert-OH is 2. The maximum atomic E-state index is 9.52. The Hall–Kier alpha value is -0.120. The highest BCUT2D eigenvalue weighted by Gasteiger charge is 2.31. The molecule has 11 heavy (non-hydrogen) atoms. The molecule has 2 N–H and O–H groups in total. The van der Waals surface area contributed by atoms with Crippen molar-refractivity contribution in [3.05, 3.63) is 0 Å². The topological polar surface area (TPSA) is 43.7 Å². The Labute approximate surface area is 67.6 Å². The Kier molecular flexibility index (Phi) is 2.87. The van der Waals surface area contributed by atoms with Gasteiger partial charge in [0.15, 0.2) is 0 Å². The number of nitrogens with zero attached hydrogens (tertiary/aromatic N) is 1. The third-order valence-corrected chi connectivity index (χ3v) is 2.45. The monoisotopic (exact) mass is 159 g/mol.